The van der Waals surface area contributed by atoms with Gasteiger partial charge in [-0.05, 0) is 31.5 Å². The standard InChI is InChI=1S/C17H26N2O3/c1-19-11-12-22-15(13-19)9-10-18-17(20)8-7-14-5-3-4-6-16(14)21-2/h3-6,15H,7-13H2,1-2H3,(H,18,20). The Balaban J connectivity index is 1.65. The van der Waals surface area contributed by atoms with Crippen LogP contribution >= 0.6 is 0 Å². The van der Waals surface area contributed by atoms with Crippen molar-refractivity contribution in [1.82, 2.24) is 10.2 Å². The normalized spacial score (nSPS) is 18.9. The molecule has 0 aliphatic carbocycles. The first-order valence-electron chi connectivity index (χ1n) is 7.88. The highest BCUT2D eigenvalue weighted by molar-refractivity contribution is 5.76. The van der Waals surface area contributed by atoms with Gasteiger partial charge in [0, 0.05) is 26.1 Å². The van der Waals surface area contributed by atoms with Gasteiger partial charge in [-0.2, -0.15) is 0 Å². The second-order valence-corrected chi connectivity index (χ2v) is 5.71. The molecule has 0 spiro atoms. The van der Waals surface area contributed by atoms with Crippen molar-refractivity contribution < 1.29 is 14.3 Å². The number of para-hydroxylation sites is 1. The summed E-state index contributed by atoms with van der Waals surface area (Å²) in [5, 5.41) is 2.97. The van der Waals surface area contributed by atoms with Crippen molar-refractivity contribution in [3.63, 3.8) is 0 Å². The molecule has 0 saturated carbocycles. The molecule has 2 rings (SSSR count). The number of rotatable bonds is 7. The Kier molecular flexibility index (Phi) is 6.68. The molecule has 1 unspecified atom stereocenters. The second kappa shape index (κ2) is 8.76. The molecule has 1 saturated heterocycles. The first kappa shape index (κ1) is 16.8. The van der Waals surface area contributed by atoms with Crippen molar-refractivity contribution in [3.8, 4) is 5.75 Å². The van der Waals surface area contributed by atoms with Gasteiger partial charge in [-0.15, -0.1) is 0 Å². The number of methoxy groups -OCH3 is 1. The van der Waals surface area contributed by atoms with Crippen molar-refractivity contribution >= 4 is 5.91 Å². The van der Waals surface area contributed by atoms with Crippen molar-refractivity contribution in [2.24, 2.45) is 0 Å². The van der Waals surface area contributed by atoms with Crippen molar-refractivity contribution in [3.05, 3.63) is 29.8 Å². The third-order valence-corrected chi connectivity index (χ3v) is 3.94. The molecule has 0 aromatic heterocycles. The Morgan fingerprint density at radius 2 is 2.27 bits per heavy atom. The second-order valence-electron chi connectivity index (χ2n) is 5.71. The maximum atomic E-state index is 11.9. The number of carbonyl (C=O) groups excluding carboxylic acids is 1. The van der Waals surface area contributed by atoms with E-state index in [1.807, 2.05) is 24.3 Å². The Morgan fingerprint density at radius 3 is 3.05 bits per heavy atom. The average molecular weight is 306 g/mol. The number of aryl methyl sites for hydroxylation is 1. The van der Waals surface area contributed by atoms with Crippen LogP contribution in [-0.4, -0.2) is 57.3 Å². The van der Waals surface area contributed by atoms with Gasteiger partial charge < -0.3 is 19.7 Å². The highest BCUT2D eigenvalue weighted by Crippen LogP contribution is 2.18. The molecule has 1 aliphatic heterocycles. The van der Waals surface area contributed by atoms with Gasteiger partial charge >= 0.3 is 0 Å². The van der Waals surface area contributed by atoms with Crippen LogP contribution in [0.4, 0.5) is 0 Å². The van der Waals surface area contributed by atoms with E-state index in [1.165, 1.54) is 0 Å². The molecule has 1 aromatic carbocycles. The minimum atomic E-state index is 0.0788. The summed E-state index contributed by atoms with van der Waals surface area (Å²) in [6, 6.07) is 7.82. The predicted octanol–water partition coefficient (Wildman–Crippen LogP) is 1.46. The van der Waals surface area contributed by atoms with Crippen LogP contribution in [0.15, 0.2) is 24.3 Å². The van der Waals surface area contributed by atoms with E-state index in [-0.39, 0.29) is 12.0 Å². The zero-order chi connectivity index (χ0) is 15.8. The smallest absolute Gasteiger partial charge is 0.220 e. The number of likely N-dealkylation sites (N-methyl/N-ethyl adjacent to an activating group) is 1. The van der Waals surface area contributed by atoms with Crippen molar-refractivity contribution in [2.45, 2.75) is 25.4 Å². The number of hydrogen-bond donors (Lipinski definition) is 1. The number of amides is 1. The number of carbonyl (C=O) groups is 1. The minimum absolute atomic E-state index is 0.0788. The lowest BCUT2D eigenvalue weighted by Crippen LogP contribution is -2.41. The summed E-state index contributed by atoms with van der Waals surface area (Å²) in [7, 11) is 3.75. The van der Waals surface area contributed by atoms with E-state index < -0.39 is 0 Å². The maximum Gasteiger partial charge on any atom is 0.220 e. The number of hydrogen-bond acceptors (Lipinski definition) is 4. The number of benzene rings is 1. The van der Waals surface area contributed by atoms with Gasteiger partial charge in [-0.3, -0.25) is 4.79 Å². The number of nitrogens with one attached hydrogen (secondary N) is 1. The Bertz CT molecular complexity index is 479. The van der Waals surface area contributed by atoms with E-state index in [4.69, 9.17) is 9.47 Å². The summed E-state index contributed by atoms with van der Waals surface area (Å²) < 4.78 is 11.0. The minimum Gasteiger partial charge on any atom is -0.496 e. The summed E-state index contributed by atoms with van der Waals surface area (Å²) in [6.07, 6.45) is 2.27. The van der Waals surface area contributed by atoms with Gasteiger partial charge in [-0.1, -0.05) is 18.2 Å². The van der Waals surface area contributed by atoms with Crippen LogP contribution in [0.2, 0.25) is 0 Å². The van der Waals surface area contributed by atoms with E-state index in [9.17, 15) is 4.79 Å². The molecule has 1 aromatic rings. The lowest BCUT2D eigenvalue weighted by molar-refractivity contribution is -0.121. The fraction of sp³-hybridized carbons (Fsp3) is 0.588. The molecular formula is C17H26N2O3. The van der Waals surface area contributed by atoms with Gasteiger partial charge in [0.25, 0.3) is 0 Å². The zero-order valence-corrected chi connectivity index (χ0v) is 13.5. The zero-order valence-electron chi connectivity index (χ0n) is 13.5. The molecule has 122 valence electrons. The summed E-state index contributed by atoms with van der Waals surface area (Å²) in [5.41, 5.74) is 1.07. The van der Waals surface area contributed by atoms with Crippen LogP contribution in [0.1, 0.15) is 18.4 Å². The summed E-state index contributed by atoms with van der Waals surface area (Å²) in [5.74, 6) is 0.920. The molecule has 22 heavy (non-hydrogen) atoms. The largest absolute Gasteiger partial charge is 0.496 e. The fourth-order valence-corrected chi connectivity index (χ4v) is 2.66. The van der Waals surface area contributed by atoms with Crippen molar-refractivity contribution in [1.29, 1.82) is 0 Å². The number of nitrogens with zero attached hydrogens (tertiary/aromatic N) is 1. The van der Waals surface area contributed by atoms with E-state index in [0.29, 0.717) is 19.4 Å². The third kappa shape index (κ3) is 5.31. The van der Waals surface area contributed by atoms with Crippen LogP contribution in [0, 0.1) is 0 Å². The monoisotopic (exact) mass is 306 g/mol. The van der Waals surface area contributed by atoms with Crippen LogP contribution in [-0.2, 0) is 16.0 Å². The molecule has 1 N–H and O–H groups in total. The van der Waals surface area contributed by atoms with E-state index >= 15 is 0 Å². The first-order chi connectivity index (χ1) is 10.7. The predicted molar refractivity (Wildman–Crippen MR) is 86.2 cm³/mol. The maximum absolute atomic E-state index is 11.9. The highest BCUT2D eigenvalue weighted by Gasteiger charge is 2.17. The molecule has 1 heterocycles. The quantitative estimate of drug-likeness (QED) is 0.829. The SMILES string of the molecule is COc1ccccc1CCC(=O)NCCC1CN(C)CCO1. The third-order valence-electron chi connectivity index (χ3n) is 3.94. The molecule has 1 atom stereocenters. The lowest BCUT2D eigenvalue weighted by Gasteiger charge is -2.30. The van der Waals surface area contributed by atoms with Crippen molar-refractivity contribution in [2.75, 3.05) is 40.4 Å². The molecular weight excluding hydrogens is 280 g/mol. The molecule has 1 fully saturated rings. The average Bonchev–Trinajstić information content (AvgIpc) is 2.53. The molecule has 1 amide bonds. The van der Waals surface area contributed by atoms with Gasteiger partial charge in [0.15, 0.2) is 0 Å². The van der Waals surface area contributed by atoms with Crippen LogP contribution in [0.25, 0.3) is 0 Å². The van der Waals surface area contributed by atoms with E-state index in [1.54, 1.807) is 7.11 Å². The Labute approximate surface area is 132 Å². The molecule has 5 nitrogen and oxygen atoms in total. The number of ether oxygens (including phenoxy) is 2. The molecule has 5 heteroatoms. The highest BCUT2D eigenvalue weighted by atomic mass is 16.5. The Hall–Kier alpha value is -1.59. The van der Waals surface area contributed by atoms with E-state index in [0.717, 1.165) is 37.4 Å². The lowest BCUT2D eigenvalue weighted by atomic mass is 10.1. The molecule has 0 radical (unpaired) electrons. The number of morpholine rings is 1. The van der Waals surface area contributed by atoms with E-state index in [2.05, 4.69) is 17.3 Å². The van der Waals surface area contributed by atoms with Crippen LogP contribution in [0.3, 0.4) is 0 Å². The topological polar surface area (TPSA) is 50.8 Å². The van der Waals surface area contributed by atoms with Crippen LogP contribution in [0.5, 0.6) is 5.75 Å². The molecule has 1 aliphatic rings. The fourth-order valence-electron chi connectivity index (χ4n) is 2.66. The summed E-state index contributed by atoms with van der Waals surface area (Å²) >= 11 is 0. The van der Waals surface area contributed by atoms with Gasteiger partial charge in [0.05, 0.1) is 19.8 Å². The summed E-state index contributed by atoms with van der Waals surface area (Å²) in [6.45, 7) is 3.38. The molecule has 0 bridgehead atoms. The van der Waals surface area contributed by atoms with Gasteiger partial charge in [0.1, 0.15) is 5.75 Å². The Morgan fingerprint density at radius 1 is 1.45 bits per heavy atom. The van der Waals surface area contributed by atoms with Gasteiger partial charge in [-0.25, -0.2) is 0 Å². The first-order valence-corrected chi connectivity index (χ1v) is 7.88. The van der Waals surface area contributed by atoms with Gasteiger partial charge in [0.2, 0.25) is 5.91 Å². The van der Waals surface area contributed by atoms with Crippen LogP contribution < -0.4 is 10.1 Å². The summed E-state index contributed by atoms with van der Waals surface area (Å²) in [4.78, 5) is 14.2.